The van der Waals surface area contributed by atoms with E-state index in [2.05, 4.69) is 62.3 Å². The molecule has 33 heteroatoms. The summed E-state index contributed by atoms with van der Waals surface area (Å²) >= 11 is 2.00. The molecule has 1 saturated carbocycles. The molecule has 13 rings (SSSR count). The van der Waals surface area contributed by atoms with Gasteiger partial charge in [-0.05, 0) is 165 Å². The predicted octanol–water partition coefficient (Wildman–Crippen LogP) is 5.72. The first-order chi connectivity index (χ1) is 45.5. The molecule has 0 unspecified atom stereocenters. The zero-order valence-electron chi connectivity index (χ0n) is 54.7. The van der Waals surface area contributed by atoms with Crippen LogP contribution in [0.1, 0.15) is 92.8 Å². The zero-order chi connectivity index (χ0) is 67.9. The van der Waals surface area contributed by atoms with Gasteiger partial charge in [-0.25, -0.2) is 19.2 Å². The van der Waals surface area contributed by atoms with Gasteiger partial charge < -0.3 is 37.0 Å². The molecule has 0 bridgehead atoms. The second-order valence-corrected chi connectivity index (χ2v) is 21.3. The number of halogens is 1. The van der Waals surface area contributed by atoms with E-state index in [1.54, 1.807) is 79.7 Å². The van der Waals surface area contributed by atoms with Gasteiger partial charge in [0.25, 0.3) is 23.5 Å². The summed E-state index contributed by atoms with van der Waals surface area (Å²) in [6, 6.07) is 22.2. The maximum absolute atomic E-state index is 12.1. The molecule has 91 heavy (non-hydrogen) atoms. The third-order valence-corrected chi connectivity index (χ3v) is 14.7. The number of hydrogen-bond acceptors (Lipinski definition) is 24. The lowest BCUT2D eigenvalue weighted by Crippen LogP contribution is -2.22. The molecule has 1 aliphatic rings. The first-order valence-corrected chi connectivity index (χ1v) is 28.9. The minimum atomic E-state index is -0.437. The summed E-state index contributed by atoms with van der Waals surface area (Å²) in [6.07, 6.45) is 2.71. The number of aryl methyl sites for hydroxylation is 10. The van der Waals surface area contributed by atoms with Crippen molar-refractivity contribution >= 4 is 22.6 Å². The molecule has 1 aliphatic carbocycles. The van der Waals surface area contributed by atoms with Crippen molar-refractivity contribution in [1.29, 1.82) is 0 Å². The second-order valence-electron chi connectivity index (χ2n) is 20.3. The van der Waals surface area contributed by atoms with Crippen LogP contribution in [0.25, 0.3) is 23.5 Å². The van der Waals surface area contributed by atoms with Crippen LogP contribution in [0.4, 0.5) is 0 Å². The summed E-state index contributed by atoms with van der Waals surface area (Å²) in [6.45, 7) is 11.9. The average Bonchev–Trinajstić information content (AvgIpc) is 1.65. The third kappa shape index (κ3) is 14.2. The largest absolute Gasteiger partial charge is 0.488 e. The van der Waals surface area contributed by atoms with E-state index in [0.29, 0.717) is 96.8 Å². The topological polar surface area (TPSA) is 352 Å². The van der Waals surface area contributed by atoms with Crippen LogP contribution in [-0.2, 0) is 61.0 Å². The van der Waals surface area contributed by atoms with Crippen molar-refractivity contribution < 1.29 is 42.5 Å². The van der Waals surface area contributed by atoms with Crippen LogP contribution in [0.15, 0.2) is 134 Å². The Morgan fingerprint density at radius 3 is 1.15 bits per heavy atom. The summed E-state index contributed by atoms with van der Waals surface area (Å²) in [5.41, 5.74) is 6.40. The Balaban J connectivity index is 0.000000138. The highest BCUT2D eigenvalue weighted by Gasteiger charge is 2.34. The number of tetrazole rings is 4. The highest BCUT2D eigenvalue weighted by Crippen LogP contribution is 2.42. The molecule has 0 amide bonds. The molecule has 0 radical (unpaired) electrons. The van der Waals surface area contributed by atoms with E-state index in [9.17, 15) is 19.2 Å². The first-order valence-electron chi connectivity index (χ1n) is 29.8. The van der Waals surface area contributed by atoms with E-state index >= 15 is 0 Å². The molecule has 4 aromatic carbocycles. The van der Waals surface area contributed by atoms with Crippen LogP contribution >= 0.6 is 22.6 Å². The van der Waals surface area contributed by atoms with Crippen LogP contribution in [0.5, 0.6) is 23.0 Å². The minimum absolute atomic E-state index is 0.151. The van der Waals surface area contributed by atoms with E-state index < -0.39 is 22.8 Å². The third-order valence-electron chi connectivity index (χ3n) is 13.9. The summed E-state index contributed by atoms with van der Waals surface area (Å²) in [7, 11) is 6.02. The number of para-hydroxylation sites is 4. The van der Waals surface area contributed by atoms with Gasteiger partial charge in [0.05, 0.1) is 44.8 Å². The second kappa shape index (κ2) is 28.1. The van der Waals surface area contributed by atoms with Gasteiger partial charge in [-0.2, -0.15) is 18.7 Å². The lowest BCUT2D eigenvalue weighted by molar-refractivity contribution is 0.299. The highest BCUT2D eigenvalue weighted by molar-refractivity contribution is 14.1. The number of aromatic nitrogens is 20. The number of nitrogens with zero attached hydrogens (tertiary/aromatic N) is 20. The fourth-order valence-electron chi connectivity index (χ4n) is 8.50. The summed E-state index contributed by atoms with van der Waals surface area (Å²) in [5.74, 6) is 3.80. The van der Waals surface area contributed by atoms with Crippen molar-refractivity contribution in [2.45, 2.75) is 93.2 Å². The molecule has 0 aliphatic heterocycles. The van der Waals surface area contributed by atoms with Gasteiger partial charge in [-0.1, -0.05) is 100 Å². The number of hydrogen-bond donors (Lipinski definition) is 0. The maximum atomic E-state index is 12.1. The van der Waals surface area contributed by atoms with Crippen LogP contribution in [-0.4, -0.2) is 99.8 Å². The van der Waals surface area contributed by atoms with E-state index in [1.165, 1.54) is 28.2 Å². The Morgan fingerprint density at radius 1 is 0.451 bits per heavy atom. The molecule has 0 atom stereocenters. The van der Waals surface area contributed by atoms with Crippen molar-refractivity contribution in [2.75, 3.05) is 0 Å². The molecule has 472 valence electrons. The van der Waals surface area contributed by atoms with Gasteiger partial charge in [0.15, 0.2) is 3.70 Å². The molecule has 12 aromatic rings. The minimum Gasteiger partial charge on any atom is -0.488 e. The lowest BCUT2D eigenvalue weighted by Gasteiger charge is -2.09. The fourth-order valence-corrected chi connectivity index (χ4v) is 8.99. The quantitative estimate of drug-likeness (QED) is 0.0927. The normalized spacial score (nSPS) is 12.3. The Labute approximate surface area is 534 Å². The number of benzene rings is 4. The van der Waals surface area contributed by atoms with E-state index in [0.717, 1.165) is 78.2 Å². The summed E-state index contributed by atoms with van der Waals surface area (Å²) in [4.78, 5) is 48.1. The van der Waals surface area contributed by atoms with Crippen LogP contribution in [0.3, 0.4) is 0 Å². The Morgan fingerprint density at radius 2 is 0.780 bits per heavy atom. The molecular formula is C58H61IN20O12. The molecule has 0 spiro atoms. The zero-order valence-corrected chi connectivity index (χ0v) is 52.8. The van der Waals surface area contributed by atoms with Crippen LogP contribution in [0, 0.1) is 38.3 Å². The van der Waals surface area contributed by atoms with Crippen LogP contribution < -0.4 is 41.7 Å². The van der Waals surface area contributed by atoms with E-state index in [-0.39, 0.29) is 50.0 Å². The molecule has 1 fully saturated rings. The van der Waals surface area contributed by atoms with Crippen molar-refractivity contribution in [3.8, 4) is 46.5 Å². The van der Waals surface area contributed by atoms with Gasteiger partial charge in [0.1, 0.15) is 49.4 Å². The molecular weight excluding hydrogens is 1300 g/mol. The average molecular weight is 1370 g/mol. The molecule has 8 heterocycles. The highest BCUT2D eigenvalue weighted by atomic mass is 127. The smallest absolute Gasteiger partial charge is 0.370 e. The monoisotopic (exact) mass is 1360 g/mol. The van der Waals surface area contributed by atoms with Crippen LogP contribution in [0.2, 0.25) is 0 Å². The Bertz CT molecular complexity index is 4820. The van der Waals surface area contributed by atoms with Crippen molar-refractivity contribution in [3.63, 3.8) is 0 Å². The van der Waals surface area contributed by atoms with Crippen molar-refractivity contribution in [2.24, 2.45) is 28.2 Å². The van der Waals surface area contributed by atoms with Gasteiger partial charge in [0, 0.05) is 34.1 Å². The van der Waals surface area contributed by atoms with E-state index in [1.807, 2.05) is 57.2 Å². The Hall–Kier alpha value is -10.9. The number of ether oxygens (including phenoxy) is 4. The summed E-state index contributed by atoms with van der Waals surface area (Å²) < 4.78 is 84.0. The summed E-state index contributed by atoms with van der Waals surface area (Å²) in [5, 5.41) is 45.6. The molecule has 8 aromatic heterocycles. The van der Waals surface area contributed by atoms with Crippen molar-refractivity contribution in [3.05, 3.63) is 204 Å². The molecule has 0 saturated heterocycles. The first kappa shape index (κ1) is 57.8. The number of rotatable bonds is 18. The van der Waals surface area contributed by atoms with Gasteiger partial charge in [-0.15, -0.1) is 18.7 Å². The Kier molecular flexibility index (Phi) is 17.9. The lowest BCUT2D eigenvalue weighted by atomic mass is 10.1. The van der Waals surface area contributed by atoms with Gasteiger partial charge >= 0.3 is 22.8 Å². The van der Waals surface area contributed by atoms with E-state index in [4.69, 9.17) is 42.5 Å². The van der Waals surface area contributed by atoms with Gasteiger partial charge in [0.2, 0.25) is 0 Å². The standard InChI is InChI=1S/C16H17N5O3.C15H17N5O3.C14H15N5O3.C13H12IN5O3/c1-10-5-3-4-6-13(10)23-9-12-14(11-7-8-11)17-24-15(12)21-16(22)20(2)18-19-21;1-4-12-11(9-22-13-8-6-5-7-10(13)2)14(23-16-12)20-15(21)19(3)17-18-20;1-9-6-4-5-7-12(9)21-8-11-10(2)15-22-13(11)19-14(20)18(3)16-17-19;1-8-5-3-4-6-10(8)21-7-9-11(14)15-22-12(9)19-13(20)18(2)16-17-19/h3-6,11H,7-9H2,1-2H3;5-8H,4,9H2,1-3H3;4-7H,8H2,1-3H3;3-6H,7H2,1-2H3/i3T;5T;4T;3T. The maximum Gasteiger partial charge on any atom is 0.370 e. The van der Waals surface area contributed by atoms with Gasteiger partial charge in [-0.3, -0.25) is 0 Å². The predicted molar refractivity (Wildman–Crippen MR) is 327 cm³/mol. The molecule has 32 nitrogen and oxygen atoms in total. The molecule has 0 N–H and O–H groups in total. The SMILES string of the molecule is [3H]c1ccc(OCc2c(C)noc2-n2nnn(C)c2=O)c(C)c1.[3H]c1ccc(OCc2c(C3CC3)noc2-n2nnn(C)c2=O)c(C)c1.[3H]c1ccc(OCc2c(CC)noc2-n2nnn(C)c2=O)c(C)c1.[3H]c1ccc(OCc2c(I)noc2-n2nnn(C)c2=O)c(C)c1. The fraction of sp³-hybridized carbons (Fsp3) is 0.310. The van der Waals surface area contributed by atoms with Crippen molar-refractivity contribution in [1.82, 2.24) is 99.8 Å².